The molecule has 7 heteroatoms. The van der Waals surface area contributed by atoms with Crippen LogP contribution in [-0.2, 0) is 32.1 Å². The van der Waals surface area contributed by atoms with Crippen molar-refractivity contribution in [3.63, 3.8) is 0 Å². The lowest BCUT2D eigenvalue weighted by atomic mass is 9.93. The number of phenolic OH excluding ortho intramolecular Hbond substituents is 1. The first-order valence-corrected chi connectivity index (χ1v) is 16.0. The second kappa shape index (κ2) is 18.8. The van der Waals surface area contributed by atoms with Gasteiger partial charge in [0.1, 0.15) is 18.1 Å². The standard InChI is InChI=1S/C35H54O7/c1-6-7-8-9-10-11-12-13-14-15-16-17-18-19-33(38)41-25-27-21-31(40-5)29(34(39)30(27)24-36)22-32-35(4,42-32)23-28(37)20-26(2)3/h20-21,24,32,39H,6-19,22-23,25H2,1-5H3/t32-,35-/m0/s1. The minimum Gasteiger partial charge on any atom is -0.507 e. The lowest BCUT2D eigenvalue weighted by molar-refractivity contribution is -0.145. The molecule has 1 aliphatic heterocycles. The Morgan fingerprint density at radius 3 is 2.07 bits per heavy atom. The number of epoxide rings is 1. The summed E-state index contributed by atoms with van der Waals surface area (Å²) < 4.78 is 16.8. The number of aromatic hydroxyl groups is 1. The van der Waals surface area contributed by atoms with Crippen LogP contribution in [0.4, 0.5) is 0 Å². The van der Waals surface area contributed by atoms with E-state index in [1.54, 1.807) is 12.1 Å². The molecule has 0 spiro atoms. The number of unbranched alkanes of at least 4 members (excludes halogenated alkanes) is 12. The molecule has 236 valence electrons. The van der Waals surface area contributed by atoms with Crippen LogP contribution in [0.3, 0.4) is 0 Å². The van der Waals surface area contributed by atoms with Gasteiger partial charge in [-0.25, -0.2) is 0 Å². The lowest BCUT2D eigenvalue weighted by Crippen LogP contribution is -2.17. The number of ketones is 1. The number of phenols is 1. The predicted octanol–water partition coefficient (Wildman–Crippen LogP) is 8.36. The van der Waals surface area contributed by atoms with Gasteiger partial charge in [0.05, 0.1) is 24.4 Å². The molecule has 0 unspecified atom stereocenters. The Morgan fingerprint density at radius 2 is 1.55 bits per heavy atom. The van der Waals surface area contributed by atoms with Gasteiger partial charge < -0.3 is 19.3 Å². The van der Waals surface area contributed by atoms with E-state index in [0.717, 1.165) is 24.8 Å². The third kappa shape index (κ3) is 12.3. The van der Waals surface area contributed by atoms with Gasteiger partial charge >= 0.3 is 5.97 Å². The zero-order valence-electron chi connectivity index (χ0n) is 26.7. The molecule has 1 aromatic carbocycles. The van der Waals surface area contributed by atoms with E-state index in [1.807, 2.05) is 20.8 Å². The monoisotopic (exact) mass is 586 g/mol. The van der Waals surface area contributed by atoms with E-state index in [-0.39, 0.29) is 48.6 Å². The minimum atomic E-state index is -0.635. The van der Waals surface area contributed by atoms with Gasteiger partial charge in [-0.3, -0.25) is 14.4 Å². The molecule has 2 rings (SSSR count). The van der Waals surface area contributed by atoms with Crippen molar-refractivity contribution in [2.75, 3.05) is 7.11 Å². The first kappa shape index (κ1) is 35.5. The number of carbonyl (C=O) groups is 3. The topological polar surface area (TPSA) is 102 Å². The van der Waals surface area contributed by atoms with E-state index >= 15 is 0 Å². The molecule has 42 heavy (non-hydrogen) atoms. The normalized spacial score (nSPS) is 17.5. The third-order valence-electron chi connectivity index (χ3n) is 8.10. The summed E-state index contributed by atoms with van der Waals surface area (Å²) >= 11 is 0. The van der Waals surface area contributed by atoms with E-state index in [4.69, 9.17) is 14.2 Å². The Morgan fingerprint density at radius 1 is 0.976 bits per heavy atom. The van der Waals surface area contributed by atoms with E-state index < -0.39 is 5.60 Å². The molecule has 0 saturated carbocycles. The first-order valence-electron chi connectivity index (χ1n) is 16.0. The van der Waals surface area contributed by atoms with E-state index in [1.165, 1.54) is 71.3 Å². The Bertz CT molecular complexity index is 1040. The molecule has 0 radical (unpaired) electrons. The van der Waals surface area contributed by atoms with Crippen LogP contribution in [0.5, 0.6) is 11.5 Å². The smallest absolute Gasteiger partial charge is 0.306 e. The van der Waals surface area contributed by atoms with Gasteiger partial charge in [-0.1, -0.05) is 89.5 Å². The minimum absolute atomic E-state index is 0.0132. The van der Waals surface area contributed by atoms with Crippen LogP contribution in [0, 0.1) is 0 Å². The van der Waals surface area contributed by atoms with Crippen molar-refractivity contribution in [2.24, 2.45) is 0 Å². The van der Waals surface area contributed by atoms with Crippen LogP contribution in [0.25, 0.3) is 0 Å². The molecule has 1 heterocycles. The molecule has 1 saturated heterocycles. The average Bonchev–Trinajstić information content (AvgIpc) is 3.58. The Kier molecular flexibility index (Phi) is 15.9. The number of hydrogen-bond donors (Lipinski definition) is 1. The van der Waals surface area contributed by atoms with Crippen molar-refractivity contribution >= 4 is 18.0 Å². The maximum absolute atomic E-state index is 12.4. The number of benzene rings is 1. The van der Waals surface area contributed by atoms with E-state index in [0.29, 0.717) is 29.6 Å². The van der Waals surface area contributed by atoms with Crippen molar-refractivity contribution in [2.45, 2.75) is 149 Å². The molecule has 1 aromatic rings. The van der Waals surface area contributed by atoms with Crippen LogP contribution in [0.2, 0.25) is 0 Å². The second-order valence-electron chi connectivity index (χ2n) is 12.2. The van der Waals surface area contributed by atoms with Crippen LogP contribution >= 0.6 is 0 Å². The van der Waals surface area contributed by atoms with Gasteiger partial charge in [-0.15, -0.1) is 0 Å². The molecule has 0 bridgehead atoms. The number of carbonyl (C=O) groups excluding carboxylic acids is 3. The highest BCUT2D eigenvalue weighted by Crippen LogP contribution is 2.45. The highest BCUT2D eigenvalue weighted by atomic mass is 16.6. The summed E-state index contributed by atoms with van der Waals surface area (Å²) in [6.45, 7) is 7.73. The van der Waals surface area contributed by atoms with Gasteiger partial charge in [-0.2, -0.15) is 0 Å². The van der Waals surface area contributed by atoms with Crippen molar-refractivity contribution in [1.29, 1.82) is 0 Å². The summed E-state index contributed by atoms with van der Waals surface area (Å²) in [6.07, 6.45) is 18.8. The van der Waals surface area contributed by atoms with Gasteiger partial charge in [0.15, 0.2) is 12.1 Å². The number of hydrogen-bond acceptors (Lipinski definition) is 7. The summed E-state index contributed by atoms with van der Waals surface area (Å²) in [6, 6.07) is 1.63. The molecule has 2 atom stereocenters. The van der Waals surface area contributed by atoms with Gasteiger partial charge in [-0.05, 0) is 39.3 Å². The number of ether oxygens (including phenoxy) is 3. The largest absolute Gasteiger partial charge is 0.507 e. The van der Waals surface area contributed by atoms with Crippen LogP contribution in [0.1, 0.15) is 145 Å². The van der Waals surface area contributed by atoms with Crippen LogP contribution in [0.15, 0.2) is 17.7 Å². The average molecular weight is 587 g/mol. The van der Waals surface area contributed by atoms with E-state index in [2.05, 4.69) is 6.92 Å². The molecule has 7 nitrogen and oxygen atoms in total. The fourth-order valence-electron chi connectivity index (χ4n) is 5.51. The predicted molar refractivity (Wildman–Crippen MR) is 166 cm³/mol. The van der Waals surface area contributed by atoms with E-state index in [9.17, 15) is 19.5 Å². The van der Waals surface area contributed by atoms with Gasteiger partial charge in [0, 0.05) is 30.4 Å². The van der Waals surface area contributed by atoms with Gasteiger partial charge in [0.2, 0.25) is 0 Å². The first-order chi connectivity index (χ1) is 20.1. The summed E-state index contributed by atoms with van der Waals surface area (Å²) in [7, 11) is 1.48. The second-order valence-corrected chi connectivity index (χ2v) is 12.2. The van der Waals surface area contributed by atoms with Crippen LogP contribution < -0.4 is 4.74 Å². The number of methoxy groups -OCH3 is 1. The van der Waals surface area contributed by atoms with Crippen molar-refractivity contribution in [1.82, 2.24) is 0 Å². The SMILES string of the molecule is CCCCCCCCCCCCCCCC(=O)OCc1cc(OC)c(C[C@@H]2O[C@@]2(C)CC(=O)C=C(C)C)c(O)c1C=O. The summed E-state index contributed by atoms with van der Waals surface area (Å²) in [5.74, 6) is -0.157. The highest BCUT2D eigenvalue weighted by molar-refractivity contribution is 5.91. The summed E-state index contributed by atoms with van der Waals surface area (Å²) in [4.78, 5) is 36.5. The number of rotatable bonds is 23. The number of aldehydes is 1. The van der Waals surface area contributed by atoms with Crippen molar-refractivity contribution in [3.8, 4) is 11.5 Å². The Labute approximate surface area is 253 Å². The van der Waals surface area contributed by atoms with Crippen LogP contribution in [-0.4, -0.2) is 42.0 Å². The Hall–Kier alpha value is -2.67. The zero-order chi connectivity index (χ0) is 31.0. The molecular formula is C35H54O7. The molecule has 1 fully saturated rings. The quantitative estimate of drug-likeness (QED) is 0.0452. The molecular weight excluding hydrogens is 532 g/mol. The molecule has 0 aromatic heterocycles. The van der Waals surface area contributed by atoms with Crippen molar-refractivity contribution < 1.29 is 33.7 Å². The maximum Gasteiger partial charge on any atom is 0.306 e. The number of allylic oxidation sites excluding steroid dienone is 2. The fraction of sp³-hybridized carbons (Fsp3) is 0.686. The van der Waals surface area contributed by atoms with Crippen molar-refractivity contribution in [3.05, 3.63) is 34.4 Å². The zero-order valence-corrected chi connectivity index (χ0v) is 26.7. The molecule has 0 aliphatic carbocycles. The Balaban J connectivity index is 1.75. The fourth-order valence-corrected chi connectivity index (χ4v) is 5.51. The lowest BCUT2D eigenvalue weighted by Gasteiger charge is -2.16. The highest BCUT2D eigenvalue weighted by Gasteiger charge is 2.53. The summed E-state index contributed by atoms with van der Waals surface area (Å²) in [5, 5.41) is 10.9. The van der Waals surface area contributed by atoms with Gasteiger partial charge in [0.25, 0.3) is 0 Å². The molecule has 1 aliphatic rings. The number of esters is 1. The molecule has 0 amide bonds. The molecule has 1 N–H and O–H groups in total. The third-order valence-corrected chi connectivity index (χ3v) is 8.10. The summed E-state index contributed by atoms with van der Waals surface area (Å²) in [5.41, 5.74) is 1.19. The maximum atomic E-state index is 12.4.